The summed E-state index contributed by atoms with van der Waals surface area (Å²) < 4.78 is 7.04. The van der Waals surface area contributed by atoms with Gasteiger partial charge in [-0.3, -0.25) is 14.6 Å². The quantitative estimate of drug-likeness (QED) is 0.656. The van der Waals surface area contributed by atoms with E-state index in [9.17, 15) is 9.59 Å². The molecule has 0 saturated carbocycles. The number of carbonyl (C=O) groups excluding carboxylic acids is 1. The Bertz CT molecular complexity index is 741. The van der Waals surface area contributed by atoms with E-state index >= 15 is 0 Å². The van der Waals surface area contributed by atoms with E-state index in [0.717, 1.165) is 36.8 Å². The zero-order valence-corrected chi connectivity index (χ0v) is 14.3. The van der Waals surface area contributed by atoms with Crippen molar-refractivity contribution in [3.05, 3.63) is 40.9 Å². The number of pyridine rings is 2. The number of hydrogen-bond acceptors (Lipinski definition) is 5. The fourth-order valence-electron chi connectivity index (χ4n) is 2.93. The number of hydrogen-bond donors (Lipinski definition) is 1. The predicted octanol–water partition coefficient (Wildman–Crippen LogP) is 1.75. The highest BCUT2D eigenvalue weighted by molar-refractivity contribution is 5.85. The van der Waals surface area contributed by atoms with Crippen LogP contribution in [0.4, 0.5) is 0 Å². The van der Waals surface area contributed by atoms with Crippen molar-refractivity contribution in [2.45, 2.75) is 25.8 Å². The highest BCUT2D eigenvalue weighted by Crippen LogP contribution is 2.14. The van der Waals surface area contributed by atoms with E-state index in [4.69, 9.17) is 4.74 Å². The Balaban J connectivity index is 0.00000208. The van der Waals surface area contributed by atoms with E-state index in [1.54, 1.807) is 29.1 Å². The molecule has 2 aromatic heterocycles. The fraction of sp³-hybridized carbons (Fsp3) is 0.471. The van der Waals surface area contributed by atoms with Gasteiger partial charge >= 0.3 is 5.97 Å². The second-order valence-electron chi connectivity index (χ2n) is 5.80. The van der Waals surface area contributed by atoms with Crippen LogP contribution in [-0.4, -0.2) is 35.2 Å². The molecule has 3 heterocycles. The minimum atomic E-state index is -0.113. The Morgan fingerprint density at radius 1 is 1.29 bits per heavy atom. The fourth-order valence-corrected chi connectivity index (χ4v) is 2.93. The van der Waals surface area contributed by atoms with E-state index in [2.05, 4.69) is 10.3 Å². The van der Waals surface area contributed by atoms with Crippen LogP contribution in [0, 0.1) is 5.92 Å². The maximum atomic E-state index is 12.0. The molecule has 130 valence electrons. The molecular weight excluding hydrogens is 330 g/mol. The molecule has 2 aromatic rings. The maximum Gasteiger partial charge on any atom is 0.309 e. The summed E-state index contributed by atoms with van der Waals surface area (Å²) in [6.07, 6.45) is 5.70. The van der Waals surface area contributed by atoms with E-state index in [-0.39, 0.29) is 29.9 Å². The maximum absolute atomic E-state index is 12.0. The number of esters is 1. The Morgan fingerprint density at radius 2 is 2.08 bits per heavy atom. The van der Waals surface area contributed by atoms with Crippen LogP contribution in [0.2, 0.25) is 0 Å². The molecule has 0 bridgehead atoms. The molecule has 1 saturated heterocycles. The zero-order chi connectivity index (χ0) is 16.1. The van der Waals surface area contributed by atoms with Crippen LogP contribution in [0.1, 0.15) is 19.3 Å². The lowest BCUT2D eigenvalue weighted by Crippen LogP contribution is -2.33. The normalized spacial score (nSPS) is 15.0. The van der Waals surface area contributed by atoms with Crippen LogP contribution < -0.4 is 10.9 Å². The molecule has 3 rings (SSSR count). The van der Waals surface area contributed by atoms with Crippen LogP contribution in [0.15, 0.2) is 35.4 Å². The first-order valence-corrected chi connectivity index (χ1v) is 8.06. The minimum absolute atomic E-state index is 0. The second-order valence-corrected chi connectivity index (χ2v) is 5.80. The SMILES string of the molecule is Cl.O=C(OCCCn1c(=O)ccc2ccncc21)C1CCNCC1. The highest BCUT2D eigenvalue weighted by Gasteiger charge is 2.21. The molecule has 0 aromatic carbocycles. The number of aryl methyl sites for hydroxylation is 1. The lowest BCUT2D eigenvalue weighted by atomic mass is 9.99. The monoisotopic (exact) mass is 351 g/mol. The van der Waals surface area contributed by atoms with E-state index in [1.807, 2.05) is 6.07 Å². The Hall–Kier alpha value is -1.92. The molecule has 1 aliphatic rings. The van der Waals surface area contributed by atoms with Gasteiger partial charge in [0.15, 0.2) is 0 Å². The number of nitrogens with one attached hydrogen (secondary N) is 1. The molecule has 7 heteroatoms. The molecule has 0 radical (unpaired) electrons. The summed E-state index contributed by atoms with van der Waals surface area (Å²) in [5, 5.41) is 4.21. The molecule has 0 unspecified atom stereocenters. The summed E-state index contributed by atoms with van der Waals surface area (Å²) in [7, 11) is 0. The zero-order valence-electron chi connectivity index (χ0n) is 13.4. The number of ether oxygens (including phenoxy) is 1. The number of nitrogens with zero attached hydrogens (tertiary/aromatic N) is 2. The topological polar surface area (TPSA) is 73.2 Å². The molecule has 24 heavy (non-hydrogen) atoms. The molecule has 6 nitrogen and oxygen atoms in total. The van der Waals surface area contributed by atoms with E-state index in [0.29, 0.717) is 19.6 Å². The number of fused-ring (bicyclic) bond motifs is 1. The molecule has 0 aliphatic carbocycles. The minimum Gasteiger partial charge on any atom is -0.465 e. The summed E-state index contributed by atoms with van der Waals surface area (Å²) >= 11 is 0. The Morgan fingerprint density at radius 3 is 2.88 bits per heavy atom. The van der Waals surface area contributed by atoms with Crippen LogP contribution in [0.3, 0.4) is 0 Å². The Kier molecular flexibility index (Phi) is 6.75. The molecular formula is C17H22ClN3O3. The lowest BCUT2D eigenvalue weighted by molar-refractivity contribution is -0.149. The van der Waals surface area contributed by atoms with Crippen molar-refractivity contribution in [3.63, 3.8) is 0 Å². The second kappa shape index (κ2) is 8.80. The first-order valence-electron chi connectivity index (χ1n) is 8.06. The van der Waals surface area contributed by atoms with Crippen molar-refractivity contribution in [1.29, 1.82) is 0 Å². The summed E-state index contributed by atoms with van der Waals surface area (Å²) in [4.78, 5) is 28.1. The molecule has 1 aliphatic heterocycles. The largest absolute Gasteiger partial charge is 0.465 e. The van der Waals surface area contributed by atoms with Gasteiger partial charge in [0, 0.05) is 24.2 Å². The molecule has 0 atom stereocenters. The van der Waals surface area contributed by atoms with Gasteiger partial charge in [-0.15, -0.1) is 12.4 Å². The van der Waals surface area contributed by atoms with Crippen molar-refractivity contribution in [2.75, 3.05) is 19.7 Å². The molecule has 0 amide bonds. The highest BCUT2D eigenvalue weighted by atomic mass is 35.5. The van der Waals surface area contributed by atoms with Gasteiger partial charge in [-0.05, 0) is 44.5 Å². The summed E-state index contributed by atoms with van der Waals surface area (Å²) in [6, 6.07) is 5.23. The van der Waals surface area contributed by atoms with Gasteiger partial charge < -0.3 is 14.6 Å². The van der Waals surface area contributed by atoms with Crippen molar-refractivity contribution < 1.29 is 9.53 Å². The van der Waals surface area contributed by atoms with Crippen molar-refractivity contribution in [1.82, 2.24) is 14.9 Å². The predicted molar refractivity (Wildman–Crippen MR) is 94.4 cm³/mol. The van der Waals surface area contributed by atoms with Crippen LogP contribution in [0.25, 0.3) is 10.9 Å². The first kappa shape index (κ1) is 18.4. The van der Waals surface area contributed by atoms with Gasteiger partial charge in [-0.1, -0.05) is 0 Å². The van der Waals surface area contributed by atoms with Crippen molar-refractivity contribution in [2.24, 2.45) is 5.92 Å². The third kappa shape index (κ3) is 4.33. The van der Waals surface area contributed by atoms with Gasteiger partial charge in [0.25, 0.3) is 5.56 Å². The summed E-state index contributed by atoms with van der Waals surface area (Å²) in [5.41, 5.74) is 0.750. The average molecular weight is 352 g/mol. The number of piperidine rings is 1. The van der Waals surface area contributed by atoms with Crippen LogP contribution >= 0.6 is 12.4 Å². The van der Waals surface area contributed by atoms with Crippen molar-refractivity contribution in [3.8, 4) is 0 Å². The molecule has 1 fully saturated rings. The number of rotatable bonds is 5. The summed E-state index contributed by atoms with van der Waals surface area (Å²) in [5.74, 6) is -0.0980. The number of halogens is 1. The summed E-state index contributed by atoms with van der Waals surface area (Å²) in [6.45, 7) is 2.60. The van der Waals surface area contributed by atoms with Gasteiger partial charge in [0.05, 0.1) is 24.2 Å². The van der Waals surface area contributed by atoms with Gasteiger partial charge in [0.1, 0.15) is 0 Å². The van der Waals surface area contributed by atoms with Crippen molar-refractivity contribution >= 4 is 29.3 Å². The average Bonchev–Trinajstić information content (AvgIpc) is 2.60. The molecule has 0 spiro atoms. The lowest BCUT2D eigenvalue weighted by Gasteiger charge is -2.21. The van der Waals surface area contributed by atoms with Gasteiger partial charge in [0.2, 0.25) is 0 Å². The van der Waals surface area contributed by atoms with Crippen LogP contribution in [-0.2, 0) is 16.1 Å². The van der Waals surface area contributed by atoms with E-state index < -0.39 is 0 Å². The third-order valence-corrected chi connectivity index (χ3v) is 4.24. The van der Waals surface area contributed by atoms with Gasteiger partial charge in [-0.25, -0.2) is 0 Å². The molecule has 1 N–H and O–H groups in total. The first-order chi connectivity index (χ1) is 11.3. The van der Waals surface area contributed by atoms with Gasteiger partial charge in [-0.2, -0.15) is 0 Å². The van der Waals surface area contributed by atoms with Crippen LogP contribution in [0.5, 0.6) is 0 Å². The standard InChI is InChI=1S/C17H21N3O3.ClH/c21-16-3-2-13-4-9-19-12-15(13)20(16)10-1-11-23-17(22)14-5-7-18-8-6-14;/h2-4,9,12,14,18H,1,5-8,10-11H2;1H. The Labute approximate surface area is 146 Å². The van der Waals surface area contributed by atoms with E-state index in [1.165, 1.54) is 0 Å². The number of carbonyl (C=O) groups is 1. The third-order valence-electron chi connectivity index (χ3n) is 4.24. The number of aromatic nitrogens is 2. The smallest absolute Gasteiger partial charge is 0.309 e.